The van der Waals surface area contributed by atoms with E-state index in [0.29, 0.717) is 11.3 Å². The molecule has 0 aliphatic rings. The molecule has 1 aromatic carbocycles. The number of carbonyl (C=O) groups excluding carboxylic acids is 1. The molecule has 0 aromatic heterocycles. The molecule has 6 heteroatoms. The Kier molecular flexibility index (Phi) is 7.66. The number of hydrogen-bond donors (Lipinski definition) is 1. The van der Waals surface area contributed by atoms with E-state index in [1.165, 1.54) is 6.08 Å². The molecule has 1 atom stereocenters. The van der Waals surface area contributed by atoms with Crippen LogP contribution in [0.3, 0.4) is 0 Å². The minimum absolute atomic E-state index is 0.0000479. The lowest BCUT2D eigenvalue weighted by atomic mass is 9.98. The van der Waals surface area contributed by atoms with Crippen molar-refractivity contribution in [2.75, 3.05) is 11.6 Å². The van der Waals surface area contributed by atoms with Crippen LogP contribution < -0.4 is 5.32 Å². The second kappa shape index (κ2) is 9.24. The van der Waals surface area contributed by atoms with E-state index in [0.717, 1.165) is 31.9 Å². The van der Waals surface area contributed by atoms with Gasteiger partial charge in [0.05, 0.1) is 0 Å². The van der Waals surface area contributed by atoms with Gasteiger partial charge in [0.15, 0.2) is 9.84 Å². The summed E-state index contributed by atoms with van der Waals surface area (Å²) in [6.07, 6.45) is 6.07. The summed E-state index contributed by atoms with van der Waals surface area (Å²) in [5.74, 6) is 0.00282. The third-order valence-corrected chi connectivity index (χ3v) is 4.76. The molecule has 0 spiro atoms. The van der Waals surface area contributed by atoms with Gasteiger partial charge in [-0.1, -0.05) is 38.8 Å². The number of nitrogens with one attached hydrogen (secondary N) is 1. The number of benzene rings is 1. The van der Waals surface area contributed by atoms with Crippen LogP contribution in [-0.4, -0.2) is 20.6 Å². The summed E-state index contributed by atoms with van der Waals surface area (Å²) in [4.78, 5) is 12.0. The molecule has 0 aliphatic heterocycles. The van der Waals surface area contributed by atoms with Crippen LogP contribution in [0.4, 0.5) is 5.69 Å². The van der Waals surface area contributed by atoms with E-state index in [1.54, 1.807) is 30.3 Å². The largest absolute Gasteiger partial charge is 0.326 e. The molecule has 0 aliphatic carbocycles. The van der Waals surface area contributed by atoms with Gasteiger partial charge in [-0.3, -0.25) is 4.79 Å². The molecule has 5 nitrogen and oxygen atoms in total. The van der Waals surface area contributed by atoms with Crippen molar-refractivity contribution >= 4 is 27.5 Å². The molecule has 0 radical (unpaired) electrons. The minimum Gasteiger partial charge on any atom is -0.326 e. The maximum absolute atomic E-state index is 12.2. The lowest BCUT2D eigenvalue weighted by Gasteiger charge is -2.14. The number of carbonyl (C=O) groups is 1. The fourth-order valence-corrected chi connectivity index (χ4v) is 2.77. The molecule has 0 saturated carbocycles. The predicted molar refractivity (Wildman–Crippen MR) is 96.8 cm³/mol. The summed E-state index contributed by atoms with van der Waals surface area (Å²) in [7, 11) is -3.54. The van der Waals surface area contributed by atoms with Crippen molar-refractivity contribution in [2.45, 2.75) is 39.5 Å². The highest BCUT2D eigenvalue weighted by Gasteiger charge is 2.16. The summed E-state index contributed by atoms with van der Waals surface area (Å²) in [6, 6.07) is 8.43. The molecule has 0 fully saturated rings. The van der Waals surface area contributed by atoms with Gasteiger partial charge in [-0.25, -0.2) is 8.42 Å². The quantitative estimate of drug-likeness (QED) is 0.725. The first kappa shape index (κ1) is 19.9. The van der Waals surface area contributed by atoms with E-state index >= 15 is 0 Å². The lowest BCUT2D eigenvalue weighted by Crippen LogP contribution is -2.22. The van der Waals surface area contributed by atoms with Gasteiger partial charge in [-0.05, 0) is 36.6 Å². The first-order chi connectivity index (χ1) is 11.3. The monoisotopic (exact) mass is 348 g/mol. The highest BCUT2D eigenvalue weighted by atomic mass is 32.2. The van der Waals surface area contributed by atoms with E-state index in [9.17, 15) is 13.2 Å². The van der Waals surface area contributed by atoms with Gasteiger partial charge in [0.1, 0.15) is 11.0 Å². The van der Waals surface area contributed by atoms with Crippen LogP contribution in [0.25, 0.3) is 6.08 Å². The van der Waals surface area contributed by atoms with Crippen molar-refractivity contribution in [1.82, 2.24) is 0 Å². The molecular weight excluding hydrogens is 324 g/mol. The highest BCUT2D eigenvalue weighted by molar-refractivity contribution is 7.95. The zero-order valence-corrected chi connectivity index (χ0v) is 15.2. The van der Waals surface area contributed by atoms with Gasteiger partial charge in [-0.2, -0.15) is 5.26 Å². The second-order valence-corrected chi connectivity index (χ2v) is 7.74. The Morgan fingerprint density at radius 1 is 1.29 bits per heavy atom. The zero-order valence-electron chi connectivity index (χ0n) is 14.4. The molecule has 24 heavy (non-hydrogen) atoms. The van der Waals surface area contributed by atoms with Gasteiger partial charge in [0.2, 0.25) is 5.91 Å². The van der Waals surface area contributed by atoms with Gasteiger partial charge >= 0.3 is 0 Å². The number of nitrogens with zero attached hydrogens (tertiary/aromatic N) is 1. The maximum atomic E-state index is 12.2. The van der Waals surface area contributed by atoms with E-state index in [-0.39, 0.29) is 16.7 Å². The third kappa shape index (κ3) is 6.17. The normalized spacial score (nSPS) is 13.2. The van der Waals surface area contributed by atoms with Crippen LogP contribution in [0.5, 0.6) is 0 Å². The average molecular weight is 348 g/mol. The molecule has 0 bridgehead atoms. The summed E-state index contributed by atoms with van der Waals surface area (Å²) in [6.45, 7) is 4.10. The third-order valence-electron chi connectivity index (χ3n) is 3.76. The molecule has 0 saturated heterocycles. The standard InChI is InChI=1S/C18H24N2O3S/c1-4-6-7-15(5-2)18(21)20-16-10-8-14(9-11-16)12-17(13-19)24(3,22)23/h8-12,15H,4-7H2,1-3H3,(H,20,21)/b17-12-. The number of unbranched alkanes of at least 4 members (excludes halogenated alkanes) is 1. The lowest BCUT2D eigenvalue weighted by molar-refractivity contribution is -0.120. The van der Waals surface area contributed by atoms with Crippen LogP contribution >= 0.6 is 0 Å². The average Bonchev–Trinajstić information content (AvgIpc) is 2.53. The van der Waals surface area contributed by atoms with Gasteiger partial charge in [0.25, 0.3) is 0 Å². The summed E-state index contributed by atoms with van der Waals surface area (Å²) in [5.41, 5.74) is 1.25. The maximum Gasteiger partial charge on any atom is 0.227 e. The van der Waals surface area contributed by atoms with Crippen molar-refractivity contribution in [1.29, 1.82) is 5.26 Å². The number of amides is 1. The summed E-state index contributed by atoms with van der Waals surface area (Å²) >= 11 is 0. The number of hydrogen-bond acceptors (Lipinski definition) is 4. The Balaban J connectivity index is 2.83. The molecule has 1 aromatic rings. The van der Waals surface area contributed by atoms with Gasteiger partial charge in [0, 0.05) is 17.9 Å². The Morgan fingerprint density at radius 2 is 1.92 bits per heavy atom. The summed E-state index contributed by atoms with van der Waals surface area (Å²) in [5, 5.41) is 11.8. The zero-order chi connectivity index (χ0) is 18.2. The number of rotatable bonds is 8. The van der Waals surface area contributed by atoms with Crippen molar-refractivity contribution in [3.8, 4) is 6.07 Å². The number of anilines is 1. The Bertz CT molecular complexity index is 729. The SMILES string of the molecule is CCCCC(CC)C(=O)Nc1ccc(/C=C(/C#N)S(C)(=O)=O)cc1. The van der Waals surface area contributed by atoms with Crippen LogP contribution in [0, 0.1) is 17.2 Å². The predicted octanol–water partition coefficient (Wildman–Crippen LogP) is 3.75. The molecule has 1 unspecified atom stereocenters. The Labute approximate surface area is 144 Å². The second-order valence-electron chi connectivity index (χ2n) is 5.75. The Morgan fingerprint density at radius 3 is 2.38 bits per heavy atom. The molecule has 1 rings (SSSR count). The van der Waals surface area contributed by atoms with Gasteiger partial charge < -0.3 is 5.32 Å². The van der Waals surface area contributed by atoms with Gasteiger partial charge in [-0.15, -0.1) is 0 Å². The number of sulfone groups is 1. The first-order valence-electron chi connectivity index (χ1n) is 8.04. The van der Waals surface area contributed by atoms with Crippen molar-refractivity contribution in [3.05, 3.63) is 34.7 Å². The highest BCUT2D eigenvalue weighted by Crippen LogP contribution is 2.18. The van der Waals surface area contributed by atoms with Crippen LogP contribution in [0.15, 0.2) is 29.2 Å². The van der Waals surface area contributed by atoms with Crippen LogP contribution in [-0.2, 0) is 14.6 Å². The van der Waals surface area contributed by atoms with Crippen molar-refractivity contribution in [2.24, 2.45) is 5.92 Å². The Hall–Kier alpha value is -2.13. The molecule has 0 heterocycles. The van der Waals surface area contributed by atoms with Crippen molar-refractivity contribution in [3.63, 3.8) is 0 Å². The topological polar surface area (TPSA) is 87.0 Å². The first-order valence-corrected chi connectivity index (χ1v) is 9.93. The molecule has 130 valence electrons. The fraction of sp³-hybridized carbons (Fsp3) is 0.444. The van der Waals surface area contributed by atoms with E-state index < -0.39 is 9.84 Å². The van der Waals surface area contributed by atoms with E-state index in [1.807, 2.05) is 6.92 Å². The fourth-order valence-electron chi connectivity index (χ4n) is 2.25. The molecule has 1 N–H and O–H groups in total. The summed E-state index contributed by atoms with van der Waals surface area (Å²) < 4.78 is 22.9. The molecule has 1 amide bonds. The smallest absolute Gasteiger partial charge is 0.227 e. The van der Waals surface area contributed by atoms with Crippen molar-refractivity contribution < 1.29 is 13.2 Å². The number of nitriles is 1. The minimum atomic E-state index is -3.54. The van der Waals surface area contributed by atoms with Crippen LogP contribution in [0.1, 0.15) is 45.1 Å². The molecular formula is C18H24N2O3S. The van der Waals surface area contributed by atoms with Crippen LogP contribution in [0.2, 0.25) is 0 Å². The van der Waals surface area contributed by atoms with E-state index in [2.05, 4.69) is 12.2 Å². The van der Waals surface area contributed by atoms with E-state index in [4.69, 9.17) is 5.26 Å². The number of allylic oxidation sites excluding steroid dienone is 1.